The topological polar surface area (TPSA) is 170 Å². The fourth-order valence-electron chi connectivity index (χ4n) is 4.17. The smallest absolute Gasteiger partial charge is 0.373 e. The monoisotopic (exact) mass is 601 g/mol. The first-order valence-electron chi connectivity index (χ1n) is 12.3. The van der Waals surface area contributed by atoms with E-state index >= 15 is 4.39 Å². The number of halogens is 1. The van der Waals surface area contributed by atoms with Crippen LogP contribution >= 0.6 is 11.8 Å². The molecule has 0 unspecified atom stereocenters. The van der Waals surface area contributed by atoms with Crippen LogP contribution in [0.2, 0.25) is 0 Å². The van der Waals surface area contributed by atoms with Gasteiger partial charge in [0, 0.05) is 39.5 Å². The third-order valence-electron chi connectivity index (χ3n) is 5.58. The van der Waals surface area contributed by atoms with Gasteiger partial charge in [-0.1, -0.05) is 18.2 Å². The minimum Gasteiger partial charge on any atom is -0.465 e. The van der Waals surface area contributed by atoms with Crippen LogP contribution in [-0.4, -0.2) is 91.0 Å². The van der Waals surface area contributed by atoms with Crippen LogP contribution in [0.4, 0.5) is 4.39 Å². The van der Waals surface area contributed by atoms with E-state index in [-0.39, 0.29) is 0 Å². The summed E-state index contributed by atoms with van der Waals surface area (Å²) in [6.45, 7) is 4.53. The summed E-state index contributed by atoms with van der Waals surface area (Å²) >= 11 is 0.765. The van der Waals surface area contributed by atoms with Crippen molar-refractivity contribution >= 4 is 47.5 Å². The average molecular weight is 602 g/mol. The molecule has 0 spiro atoms. The predicted molar refractivity (Wildman–Crippen MR) is 138 cm³/mol. The van der Waals surface area contributed by atoms with Gasteiger partial charge in [-0.2, -0.15) is 4.39 Å². The lowest BCUT2D eigenvalue weighted by Crippen LogP contribution is -2.72. The van der Waals surface area contributed by atoms with Crippen molar-refractivity contribution in [3.05, 3.63) is 30.3 Å². The Kier molecular flexibility index (Phi) is 12.1. The first kappa shape index (κ1) is 33.5. The Bertz CT molecular complexity index is 1130. The second-order valence-corrected chi connectivity index (χ2v) is 10.1. The van der Waals surface area contributed by atoms with Gasteiger partial charge >= 0.3 is 35.7 Å². The summed E-state index contributed by atoms with van der Waals surface area (Å²) in [5.74, 6) is -9.17. The molecular formula is C26H32FNO12S. The molecule has 0 aliphatic carbocycles. The van der Waals surface area contributed by atoms with E-state index in [1.165, 1.54) is 0 Å². The molecule has 41 heavy (non-hydrogen) atoms. The highest BCUT2D eigenvalue weighted by atomic mass is 32.2. The van der Waals surface area contributed by atoms with Crippen LogP contribution < -0.4 is 5.32 Å². The Hall–Kier alpha value is -3.72. The van der Waals surface area contributed by atoms with Crippen molar-refractivity contribution in [1.82, 2.24) is 5.32 Å². The highest BCUT2D eigenvalue weighted by Gasteiger charge is 2.65. The summed E-state index contributed by atoms with van der Waals surface area (Å²) in [5.41, 5.74) is 0. The van der Waals surface area contributed by atoms with Crippen LogP contribution in [0.1, 0.15) is 34.6 Å². The molecule has 2 rings (SSSR count). The first-order chi connectivity index (χ1) is 19.2. The van der Waals surface area contributed by atoms with Gasteiger partial charge in [0.05, 0.1) is 13.2 Å². The average Bonchev–Trinajstić information content (AvgIpc) is 2.88. The zero-order valence-corrected chi connectivity index (χ0v) is 24.1. The molecule has 1 heterocycles. The number of amides is 1. The molecule has 15 heteroatoms. The minimum absolute atomic E-state index is 0.438. The van der Waals surface area contributed by atoms with Crippen LogP contribution in [0.25, 0.3) is 0 Å². The lowest BCUT2D eigenvalue weighted by molar-refractivity contribution is -0.271. The van der Waals surface area contributed by atoms with Gasteiger partial charge in [0.1, 0.15) is 24.1 Å². The molecule has 1 aromatic carbocycles. The van der Waals surface area contributed by atoms with E-state index in [9.17, 15) is 28.8 Å². The summed E-state index contributed by atoms with van der Waals surface area (Å²) in [6.07, 6.45) is -6.91. The Balaban J connectivity index is 2.79. The molecule has 0 radical (unpaired) electrons. The molecule has 0 bridgehead atoms. The van der Waals surface area contributed by atoms with E-state index in [1.54, 1.807) is 30.3 Å². The lowest BCUT2D eigenvalue weighted by atomic mass is 9.88. The number of hydrogen-bond donors (Lipinski definition) is 1. The van der Waals surface area contributed by atoms with Crippen LogP contribution in [0, 0.1) is 0 Å². The van der Waals surface area contributed by atoms with E-state index < -0.39 is 83.9 Å². The van der Waals surface area contributed by atoms with Crippen molar-refractivity contribution < 1.29 is 61.6 Å². The molecule has 1 aromatic rings. The van der Waals surface area contributed by atoms with Crippen molar-refractivity contribution in [2.75, 3.05) is 13.7 Å². The van der Waals surface area contributed by atoms with E-state index in [4.69, 9.17) is 28.4 Å². The first-order valence-corrected chi connectivity index (χ1v) is 13.2. The summed E-state index contributed by atoms with van der Waals surface area (Å²) in [5, 5.41) is 0.839. The quantitative estimate of drug-likeness (QED) is 0.284. The maximum atomic E-state index is 17.0. The number of hydrogen-bond acceptors (Lipinski definition) is 13. The molecule has 1 aliphatic heterocycles. The number of rotatable bonds is 11. The number of thioether (sulfide) groups is 1. The second-order valence-electron chi connectivity index (χ2n) is 8.90. The van der Waals surface area contributed by atoms with E-state index in [0.29, 0.717) is 4.90 Å². The summed E-state index contributed by atoms with van der Waals surface area (Å²) in [4.78, 5) is 73.7. The normalized spacial score (nSPS) is 25.0. The Morgan fingerprint density at radius 2 is 1.56 bits per heavy atom. The molecule has 1 saturated heterocycles. The zero-order valence-electron chi connectivity index (χ0n) is 23.2. The van der Waals surface area contributed by atoms with Gasteiger partial charge in [-0.3, -0.25) is 24.0 Å². The Labute approximate surface area is 239 Å². The maximum absolute atomic E-state index is 17.0. The lowest BCUT2D eigenvalue weighted by Gasteiger charge is -2.49. The molecule has 1 aliphatic rings. The molecule has 226 valence electrons. The van der Waals surface area contributed by atoms with Crippen LogP contribution in [0.15, 0.2) is 35.2 Å². The van der Waals surface area contributed by atoms with E-state index in [2.05, 4.69) is 5.32 Å². The second kappa shape index (κ2) is 14.8. The highest BCUT2D eigenvalue weighted by molar-refractivity contribution is 8.00. The fourth-order valence-corrected chi connectivity index (χ4v) is 5.44. The molecule has 0 aromatic heterocycles. The number of esters is 5. The van der Waals surface area contributed by atoms with Crippen molar-refractivity contribution in [3.63, 3.8) is 0 Å². The number of carbonyl (C=O) groups excluding carboxylic acids is 6. The van der Waals surface area contributed by atoms with Gasteiger partial charge < -0.3 is 33.7 Å². The maximum Gasteiger partial charge on any atom is 0.373 e. The minimum atomic E-state index is -3.38. The Morgan fingerprint density at radius 3 is 2.05 bits per heavy atom. The standard InChI is InChI=1S/C26H32FNO12S/c1-13(29)28-20-22(21(38-16(4)32)19(37-15(3)31)12-36-14(2)30)40-26(27,25(34)35-6)24(23(20)39-17(5)33)41-18-10-8-7-9-11-18/h7-11,19-24H,12H2,1-6H3,(H,28,29)/t19-,20+,21-,22-,23-,24+,26+/m1/s1. The molecule has 7 atom stereocenters. The van der Waals surface area contributed by atoms with Crippen molar-refractivity contribution in [3.8, 4) is 0 Å². The number of ether oxygens (including phenoxy) is 6. The molecule has 13 nitrogen and oxygen atoms in total. The molecule has 1 fully saturated rings. The highest BCUT2D eigenvalue weighted by Crippen LogP contribution is 2.45. The number of methoxy groups -OCH3 is 1. The largest absolute Gasteiger partial charge is 0.465 e. The van der Waals surface area contributed by atoms with Crippen LogP contribution in [0.3, 0.4) is 0 Å². The summed E-state index contributed by atoms with van der Waals surface area (Å²) < 4.78 is 48.4. The molecular weight excluding hydrogens is 569 g/mol. The van der Waals surface area contributed by atoms with Gasteiger partial charge in [-0.15, -0.1) is 11.8 Å². The van der Waals surface area contributed by atoms with Gasteiger partial charge in [0.15, 0.2) is 12.2 Å². The molecule has 1 amide bonds. The fraction of sp³-hybridized carbons (Fsp3) is 0.538. The number of alkyl halides is 1. The number of nitrogens with one attached hydrogen (secondary N) is 1. The van der Waals surface area contributed by atoms with Gasteiger partial charge in [-0.25, -0.2) is 4.79 Å². The Morgan fingerprint density at radius 1 is 0.951 bits per heavy atom. The third-order valence-corrected chi connectivity index (χ3v) is 6.95. The van der Waals surface area contributed by atoms with Crippen LogP contribution in [0.5, 0.6) is 0 Å². The SMILES string of the molecule is COC(=O)[C@@]1(F)O[C@@H]([C@H](OC(C)=O)[C@@H](COC(C)=O)OC(C)=O)[C@H](NC(C)=O)[C@@H](OC(C)=O)[C@@H]1Sc1ccccc1. The molecule has 0 saturated carbocycles. The van der Waals surface area contributed by atoms with Gasteiger partial charge in [0.2, 0.25) is 5.91 Å². The number of benzene rings is 1. The summed E-state index contributed by atoms with van der Waals surface area (Å²) in [7, 11) is 0.902. The van der Waals surface area contributed by atoms with Crippen LogP contribution in [-0.2, 0) is 57.2 Å². The van der Waals surface area contributed by atoms with E-state index in [1.807, 2.05) is 0 Å². The van der Waals surface area contributed by atoms with Crippen molar-refractivity contribution in [2.45, 2.75) is 81.1 Å². The third kappa shape index (κ3) is 9.14. The van der Waals surface area contributed by atoms with Crippen molar-refractivity contribution in [2.24, 2.45) is 0 Å². The summed E-state index contributed by atoms with van der Waals surface area (Å²) in [6, 6.07) is 6.70. The number of carbonyl (C=O) groups is 6. The van der Waals surface area contributed by atoms with Gasteiger partial charge in [0.25, 0.3) is 0 Å². The van der Waals surface area contributed by atoms with Crippen molar-refractivity contribution in [1.29, 1.82) is 0 Å². The molecule has 1 N–H and O–H groups in total. The van der Waals surface area contributed by atoms with E-state index in [0.717, 1.165) is 53.5 Å². The zero-order chi connectivity index (χ0) is 30.9. The predicted octanol–water partition coefficient (Wildman–Crippen LogP) is 1.25. The van der Waals surface area contributed by atoms with Gasteiger partial charge in [-0.05, 0) is 12.1 Å².